The first kappa shape index (κ1) is 19.1. The van der Waals surface area contributed by atoms with Crippen LogP contribution in [-0.4, -0.2) is 62.0 Å². The minimum Gasteiger partial charge on any atom is -0.354 e. The zero-order valence-corrected chi connectivity index (χ0v) is 18.1. The lowest BCUT2D eigenvalue weighted by Gasteiger charge is -2.35. The Bertz CT molecular complexity index is 890. The summed E-state index contributed by atoms with van der Waals surface area (Å²) in [7, 11) is -3.42. The number of rotatable bonds is 4. The number of hydrogen-bond acceptors (Lipinski definition) is 7. The number of piperazine rings is 1. The Balaban J connectivity index is 1.43. The summed E-state index contributed by atoms with van der Waals surface area (Å²) in [5, 5.41) is 0. The maximum absolute atomic E-state index is 12.8. The molecule has 2 aliphatic heterocycles. The van der Waals surface area contributed by atoms with Gasteiger partial charge in [0.05, 0.1) is 3.79 Å². The van der Waals surface area contributed by atoms with E-state index in [4.69, 9.17) is 4.98 Å². The van der Waals surface area contributed by atoms with E-state index < -0.39 is 10.0 Å². The second-order valence-corrected chi connectivity index (χ2v) is 11.3. The molecule has 2 saturated heterocycles. The fourth-order valence-corrected chi connectivity index (χ4v) is 7.07. The lowest BCUT2D eigenvalue weighted by molar-refractivity contribution is 0.384. The van der Waals surface area contributed by atoms with Crippen molar-refractivity contribution in [3.8, 4) is 0 Å². The predicted molar refractivity (Wildman–Crippen MR) is 111 cm³/mol. The van der Waals surface area contributed by atoms with E-state index in [2.05, 4.69) is 30.7 Å². The molecule has 2 aromatic heterocycles. The van der Waals surface area contributed by atoms with Crippen molar-refractivity contribution < 1.29 is 8.42 Å². The summed E-state index contributed by atoms with van der Waals surface area (Å²) in [6.45, 7) is 4.18. The molecular formula is C17H22BrN5O2S2. The minimum absolute atomic E-state index is 0.386. The van der Waals surface area contributed by atoms with Crippen LogP contribution in [0.3, 0.4) is 0 Å². The average molecular weight is 472 g/mol. The maximum atomic E-state index is 12.8. The number of aromatic nitrogens is 2. The summed E-state index contributed by atoms with van der Waals surface area (Å²) < 4.78 is 28.3. The lowest BCUT2D eigenvalue weighted by Crippen LogP contribution is -2.48. The molecule has 4 heterocycles. The molecule has 0 amide bonds. The van der Waals surface area contributed by atoms with Gasteiger partial charge in [0.25, 0.3) is 10.0 Å². The molecule has 7 nitrogen and oxygen atoms in total. The van der Waals surface area contributed by atoms with E-state index in [-0.39, 0.29) is 0 Å². The van der Waals surface area contributed by atoms with Crippen molar-refractivity contribution in [2.45, 2.75) is 23.5 Å². The summed E-state index contributed by atoms with van der Waals surface area (Å²) >= 11 is 4.59. The Kier molecular flexibility index (Phi) is 5.68. The monoisotopic (exact) mass is 471 g/mol. The van der Waals surface area contributed by atoms with Crippen LogP contribution in [0.5, 0.6) is 0 Å². The molecule has 0 N–H and O–H groups in total. The molecular weight excluding hydrogens is 450 g/mol. The second-order valence-electron chi connectivity index (χ2n) is 6.71. The number of hydrogen-bond donors (Lipinski definition) is 0. The van der Waals surface area contributed by atoms with Crippen LogP contribution in [0.1, 0.15) is 19.3 Å². The SMILES string of the molecule is O=S(=O)(c1ccc(Br)s1)N1CCN(c2ccnc(N3CCCCC3)n2)CC1. The van der Waals surface area contributed by atoms with Crippen LogP contribution in [0.2, 0.25) is 0 Å². The molecule has 0 bridgehead atoms. The van der Waals surface area contributed by atoms with Gasteiger partial charge in [0.2, 0.25) is 5.95 Å². The van der Waals surface area contributed by atoms with Crippen LogP contribution in [-0.2, 0) is 10.0 Å². The fourth-order valence-electron chi connectivity index (χ4n) is 3.48. The van der Waals surface area contributed by atoms with E-state index in [1.807, 2.05) is 6.07 Å². The van der Waals surface area contributed by atoms with Crippen molar-refractivity contribution in [3.63, 3.8) is 0 Å². The average Bonchev–Trinajstić information content (AvgIpc) is 3.16. The number of sulfonamides is 1. The van der Waals surface area contributed by atoms with E-state index in [0.29, 0.717) is 30.4 Å². The van der Waals surface area contributed by atoms with Gasteiger partial charge in [-0.25, -0.2) is 13.4 Å². The van der Waals surface area contributed by atoms with Gasteiger partial charge in [-0.2, -0.15) is 9.29 Å². The highest BCUT2D eigenvalue weighted by molar-refractivity contribution is 9.11. The van der Waals surface area contributed by atoms with Crippen LogP contribution >= 0.6 is 27.3 Å². The molecule has 146 valence electrons. The van der Waals surface area contributed by atoms with E-state index in [9.17, 15) is 8.42 Å². The molecule has 4 rings (SSSR count). The largest absolute Gasteiger partial charge is 0.354 e. The molecule has 0 aliphatic carbocycles. The molecule has 0 radical (unpaired) electrons. The van der Waals surface area contributed by atoms with Crippen molar-refractivity contribution in [1.29, 1.82) is 0 Å². The van der Waals surface area contributed by atoms with Gasteiger partial charge in [-0.1, -0.05) is 0 Å². The standard InChI is InChI=1S/C17H22BrN5O2S2/c18-14-4-5-16(26-14)27(24,25)23-12-10-21(11-13-23)15-6-7-19-17(20-15)22-8-2-1-3-9-22/h4-7H,1-3,8-13H2. The first-order chi connectivity index (χ1) is 13.0. The molecule has 2 aromatic rings. The van der Waals surface area contributed by atoms with E-state index in [1.165, 1.54) is 30.6 Å². The maximum Gasteiger partial charge on any atom is 0.252 e. The highest BCUT2D eigenvalue weighted by atomic mass is 79.9. The number of anilines is 2. The topological polar surface area (TPSA) is 69.6 Å². The summed E-state index contributed by atoms with van der Waals surface area (Å²) in [6, 6.07) is 5.34. The summed E-state index contributed by atoms with van der Waals surface area (Å²) in [5.41, 5.74) is 0. The highest BCUT2D eigenvalue weighted by Crippen LogP contribution is 2.29. The third-order valence-electron chi connectivity index (χ3n) is 4.97. The van der Waals surface area contributed by atoms with E-state index in [1.54, 1.807) is 22.6 Å². The van der Waals surface area contributed by atoms with Gasteiger partial charge in [-0.15, -0.1) is 11.3 Å². The van der Waals surface area contributed by atoms with Crippen molar-refractivity contribution in [1.82, 2.24) is 14.3 Å². The van der Waals surface area contributed by atoms with Crippen LogP contribution in [0.15, 0.2) is 32.4 Å². The van der Waals surface area contributed by atoms with Crippen LogP contribution in [0.4, 0.5) is 11.8 Å². The smallest absolute Gasteiger partial charge is 0.252 e. The quantitative estimate of drug-likeness (QED) is 0.682. The Morgan fingerprint density at radius 2 is 1.67 bits per heavy atom. The van der Waals surface area contributed by atoms with Crippen LogP contribution in [0, 0.1) is 0 Å². The number of halogens is 1. The third-order valence-corrected chi connectivity index (χ3v) is 8.96. The Morgan fingerprint density at radius 3 is 2.33 bits per heavy atom. The van der Waals surface area contributed by atoms with Crippen molar-refractivity contribution in [3.05, 3.63) is 28.2 Å². The molecule has 0 saturated carbocycles. The van der Waals surface area contributed by atoms with E-state index in [0.717, 1.165) is 28.6 Å². The minimum atomic E-state index is -3.42. The normalized spacial score (nSPS) is 19.4. The lowest BCUT2D eigenvalue weighted by atomic mass is 10.1. The number of nitrogens with zero attached hydrogens (tertiary/aromatic N) is 5. The van der Waals surface area contributed by atoms with Gasteiger partial charge in [0.15, 0.2) is 0 Å². The van der Waals surface area contributed by atoms with Gasteiger partial charge in [0.1, 0.15) is 10.0 Å². The zero-order chi connectivity index (χ0) is 18.9. The summed E-state index contributed by atoms with van der Waals surface area (Å²) in [6.07, 6.45) is 5.44. The Morgan fingerprint density at radius 1 is 0.926 bits per heavy atom. The van der Waals surface area contributed by atoms with Crippen LogP contribution in [0.25, 0.3) is 0 Å². The molecule has 2 aliphatic rings. The second kappa shape index (κ2) is 8.02. The third kappa shape index (κ3) is 4.13. The van der Waals surface area contributed by atoms with Crippen molar-refractivity contribution in [2.24, 2.45) is 0 Å². The van der Waals surface area contributed by atoms with Gasteiger partial charge < -0.3 is 9.80 Å². The highest BCUT2D eigenvalue weighted by Gasteiger charge is 2.30. The molecule has 0 unspecified atom stereocenters. The molecule has 2 fully saturated rings. The van der Waals surface area contributed by atoms with Gasteiger partial charge in [0, 0.05) is 45.5 Å². The Hall–Kier alpha value is -1.23. The van der Waals surface area contributed by atoms with Gasteiger partial charge in [-0.3, -0.25) is 0 Å². The fraction of sp³-hybridized carbons (Fsp3) is 0.529. The van der Waals surface area contributed by atoms with Crippen LogP contribution < -0.4 is 9.80 Å². The van der Waals surface area contributed by atoms with E-state index >= 15 is 0 Å². The van der Waals surface area contributed by atoms with Crippen molar-refractivity contribution in [2.75, 3.05) is 49.1 Å². The first-order valence-corrected chi connectivity index (χ1v) is 12.2. The Labute approximate surface area is 172 Å². The molecule has 0 aromatic carbocycles. The molecule has 0 spiro atoms. The molecule has 27 heavy (non-hydrogen) atoms. The first-order valence-electron chi connectivity index (χ1n) is 9.12. The number of thiophene rings is 1. The summed E-state index contributed by atoms with van der Waals surface area (Å²) in [4.78, 5) is 13.6. The van der Waals surface area contributed by atoms with Crippen molar-refractivity contribution >= 4 is 49.1 Å². The van der Waals surface area contributed by atoms with Gasteiger partial charge >= 0.3 is 0 Å². The number of piperidine rings is 1. The van der Waals surface area contributed by atoms with Gasteiger partial charge in [-0.05, 0) is 53.4 Å². The summed E-state index contributed by atoms with van der Waals surface area (Å²) in [5.74, 6) is 1.66. The predicted octanol–water partition coefficient (Wildman–Crippen LogP) is 2.80. The zero-order valence-electron chi connectivity index (χ0n) is 14.9. The molecule has 0 atom stereocenters. The molecule has 10 heteroatoms.